The first kappa shape index (κ1) is 14.5. The normalized spacial score (nSPS) is 13.8. The SMILES string of the molecule is CCC(C)C(N)C(=O)c1cc(OC)ccc1OC. The number of carbonyl (C=O) groups excluding carboxylic acids is 1. The van der Waals surface area contributed by atoms with Gasteiger partial charge in [0.2, 0.25) is 0 Å². The number of Topliss-reactive ketones (excluding diaryl/α,β-unsaturated/α-hetero) is 1. The Morgan fingerprint density at radius 2 is 2.00 bits per heavy atom. The zero-order valence-electron chi connectivity index (χ0n) is 11.4. The van der Waals surface area contributed by atoms with Crippen LogP contribution in [0.4, 0.5) is 0 Å². The van der Waals surface area contributed by atoms with Crippen molar-refractivity contribution < 1.29 is 14.3 Å². The molecule has 0 spiro atoms. The van der Waals surface area contributed by atoms with Gasteiger partial charge >= 0.3 is 0 Å². The molecule has 0 aliphatic rings. The first-order valence-electron chi connectivity index (χ1n) is 6.06. The van der Waals surface area contributed by atoms with E-state index in [1.807, 2.05) is 13.8 Å². The molecule has 2 atom stereocenters. The molecule has 0 saturated carbocycles. The molecule has 4 nitrogen and oxygen atoms in total. The molecule has 0 radical (unpaired) electrons. The molecule has 2 unspecified atom stereocenters. The largest absolute Gasteiger partial charge is 0.497 e. The van der Waals surface area contributed by atoms with Gasteiger partial charge in [-0.25, -0.2) is 0 Å². The van der Waals surface area contributed by atoms with Gasteiger partial charge in [0.15, 0.2) is 5.78 Å². The van der Waals surface area contributed by atoms with Crippen LogP contribution in [-0.2, 0) is 0 Å². The third kappa shape index (κ3) is 3.01. The topological polar surface area (TPSA) is 61.6 Å². The van der Waals surface area contributed by atoms with Gasteiger partial charge in [0.25, 0.3) is 0 Å². The van der Waals surface area contributed by atoms with Gasteiger partial charge < -0.3 is 15.2 Å². The van der Waals surface area contributed by atoms with E-state index in [1.54, 1.807) is 25.3 Å². The summed E-state index contributed by atoms with van der Waals surface area (Å²) in [6.45, 7) is 3.98. The van der Waals surface area contributed by atoms with E-state index in [0.29, 0.717) is 17.1 Å². The Morgan fingerprint density at radius 3 is 2.50 bits per heavy atom. The lowest BCUT2D eigenvalue weighted by Crippen LogP contribution is -2.36. The lowest BCUT2D eigenvalue weighted by atomic mass is 9.92. The summed E-state index contributed by atoms with van der Waals surface area (Å²) in [5.41, 5.74) is 6.45. The van der Waals surface area contributed by atoms with Crippen molar-refractivity contribution in [1.82, 2.24) is 0 Å². The van der Waals surface area contributed by atoms with E-state index in [0.717, 1.165) is 6.42 Å². The number of ketones is 1. The summed E-state index contributed by atoms with van der Waals surface area (Å²) in [5, 5.41) is 0. The second-order valence-corrected chi connectivity index (χ2v) is 4.34. The zero-order chi connectivity index (χ0) is 13.7. The van der Waals surface area contributed by atoms with Crippen LogP contribution in [0, 0.1) is 5.92 Å². The quantitative estimate of drug-likeness (QED) is 0.788. The summed E-state index contributed by atoms with van der Waals surface area (Å²) in [4.78, 5) is 12.3. The first-order valence-corrected chi connectivity index (χ1v) is 6.06. The van der Waals surface area contributed by atoms with Crippen LogP contribution in [0.5, 0.6) is 11.5 Å². The minimum absolute atomic E-state index is 0.111. The van der Waals surface area contributed by atoms with Gasteiger partial charge in [0.05, 0.1) is 25.8 Å². The molecule has 1 rings (SSSR count). The van der Waals surface area contributed by atoms with E-state index in [-0.39, 0.29) is 11.7 Å². The van der Waals surface area contributed by atoms with Crippen molar-refractivity contribution in [3.05, 3.63) is 23.8 Å². The van der Waals surface area contributed by atoms with E-state index < -0.39 is 6.04 Å². The van der Waals surface area contributed by atoms with Gasteiger partial charge in [0.1, 0.15) is 11.5 Å². The average Bonchev–Trinajstić information content (AvgIpc) is 2.43. The van der Waals surface area contributed by atoms with Crippen molar-refractivity contribution in [1.29, 1.82) is 0 Å². The number of nitrogens with two attached hydrogens (primary N) is 1. The number of methoxy groups -OCH3 is 2. The van der Waals surface area contributed by atoms with E-state index in [2.05, 4.69) is 0 Å². The van der Waals surface area contributed by atoms with E-state index >= 15 is 0 Å². The van der Waals surface area contributed by atoms with Gasteiger partial charge in [-0.05, 0) is 24.1 Å². The van der Waals surface area contributed by atoms with E-state index in [4.69, 9.17) is 15.2 Å². The molecule has 0 amide bonds. The lowest BCUT2D eigenvalue weighted by Gasteiger charge is -2.18. The minimum Gasteiger partial charge on any atom is -0.497 e. The molecule has 0 heterocycles. The predicted octanol–water partition coefficient (Wildman–Crippen LogP) is 2.26. The summed E-state index contributed by atoms with van der Waals surface area (Å²) >= 11 is 0. The van der Waals surface area contributed by atoms with Crippen molar-refractivity contribution >= 4 is 5.78 Å². The highest BCUT2D eigenvalue weighted by Crippen LogP contribution is 2.26. The fourth-order valence-electron chi connectivity index (χ4n) is 1.70. The summed E-state index contributed by atoms with van der Waals surface area (Å²) < 4.78 is 10.3. The molecule has 0 aliphatic heterocycles. The molecule has 0 saturated heterocycles. The Balaban J connectivity index is 3.10. The predicted molar refractivity (Wildman–Crippen MR) is 71.3 cm³/mol. The van der Waals surface area contributed by atoms with Crippen LogP contribution >= 0.6 is 0 Å². The third-order valence-electron chi connectivity index (χ3n) is 3.23. The van der Waals surface area contributed by atoms with Crippen molar-refractivity contribution in [2.45, 2.75) is 26.3 Å². The van der Waals surface area contributed by atoms with Gasteiger partial charge in [-0.1, -0.05) is 20.3 Å². The smallest absolute Gasteiger partial charge is 0.183 e. The second-order valence-electron chi connectivity index (χ2n) is 4.34. The third-order valence-corrected chi connectivity index (χ3v) is 3.23. The number of benzene rings is 1. The monoisotopic (exact) mass is 251 g/mol. The van der Waals surface area contributed by atoms with Crippen LogP contribution in [-0.4, -0.2) is 26.0 Å². The van der Waals surface area contributed by atoms with Crippen molar-refractivity contribution in [3.8, 4) is 11.5 Å². The zero-order valence-corrected chi connectivity index (χ0v) is 11.4. The lowest BCUT2D eigenvalue weighted by molar-refractivity contribution is 0.0931. The van der Waals surface area contributed by atoms with Gasteiger partial charge in [-0.3, -0.25) is 4.79 Å². The highest BCUT2D eigenvalue weighted by Gasteiger charge is 2.24. The molecule has 4 heteroatoms. The summed E-state index contributed by atoms with van der Waals surface area (Å²) in [7, 11) is 3.10. The molecule has 0 aliphatic carbocycles. The Kier molecular flexibility index (Phi) is 5.16. The maximum absolute atomic E-state index is 12.3. The molecule has 18 heavy (non-hydrogen) atoms. The van der Waals surface area contributed by atoms with Crippen LogP contribution in [0.2, 0.25) is 0 Å². The molecule has 100 valence electrons. The summed E-state index contributed by atoms with van der Waals surface area (Å²) in [6, 6.07) is 4.62. The molecule has 2 N–H and O–H groups in total. The number of hydrogen-bond donors (Lipinski definition) is 1. The number of ether oxygens (including phenoxy) is 2. The molecule has 0 aromatic heterocycles. The van der Waals surface area contributed by atoms with E-state index in [9.17, 15) is 4.79 Å². The number of hydrogen-bond acceptors (Lipinski definition) is 4. The highest BCUT2D eigenvalue weighted by atomic mass is 16.5. The van der Waals surface area contributed by atoms with Crippen LogP contribution in [0.25, 0.3) is 0 Å². The van der Waals surface area contributed by atoms with Crippen LogP contribution in [0.1, 0.15) is 30.6 Å². The summed E-state index contributed by atoms with van der Waals surface area (Å²) in [5.74, 6) is 1.17. The Morgan fingerprint density at radius 1 is 1.33 bits per heavy atom. The van der Waals surface area contributed by atoms with Crippen LogP contribution < -0.4 is 15.2 Å². The van der Waals surface area contributed by atoms with Crippen molar-refractivity contribution in [3.63, 3.8) is 0 Å². The molecule has 1 aromatic carbocycles. The minimum atomic E-state index is -0.518. The van der Waals surface area contributed by atoms with Crippen LogP contribution in [0.15, 0.2) is 18.2 Å². The number of rotatable bonds is 6. The standard InChI is InChI=1S/C14H21NO3/c1-5-9(2)13(15)14(16)11-8-10(17-3)6-7-12(11)18-4/h6-9,13H,5,15H2,1-4H3. The molecule has 0 fully saturated rings. The summed E-state index contributed by atoms with van der Waals surface area (Å²) in [6.07, 6.45) is 0.860. The Labute approximate surface area is 108 Å². The van der Waals surface area contributed by atoms with Gasteiger partial charge in [-0.2, -0.15) is 0 Å². The highest BCUT2D eigenvalue weighted by molar-refractivity contribution is 6.02. The molecule has 0 bridgehead atoms. The molecular formula is C14H21NO3. The van der Waals surface area contributed by atoms with E-state index in [1.165, 1.54) is 7.11 Å². The fraction of sp³-hybridized carbons (Fsp3) is 0.500. The second kappa shape index (κ2) is 6.40. The Bertz CT molecular complexity index is 418. The molecule has 1 aromatic rings. The van der Waals surface area contributed by atoms with Crippen LogP contribution in [0.3, 0.4) is 0 Å². The average molecular weight is 251 g/mol. The van der Waals surface area contributed by atoms with Gasteiger partial charge in [0, 0.05) is 0 Å². The number of carbonyl (C=O) groups is 1. The van der Waals surface area contributed by atoms with Gasteiger partial charge in [-0.15, -0.1) is 0 Å². The Hall–Kier alpha value is -1.55. The maximum Gasteiger partial charge on any atom is 0.183 e. The van der Waals surface area contributed by atoms with Crippen molar-refractivity contribution in [2.24, 2.45) is 11.7 Å². The fourth-order valence-corrected chi connectivity index (χ4v) is 1.70. The first-order chi connectivity index (χ1) is 8.54. The van der Waals surface area contributed by atoms with Crippen molar-refractivity contribution in [2.75, 3.05) is 14.2 Å². The molecular weight excluding hydrogens is 230 g/mol. The maximum atomic E-state index is 12.3.